The van der Waals surface area contributed by atoms with Gasteiger partial charge in [0, 0.05) is 30.3 Å². The molecule has 1 aromatic carbocycles. The van der Waals surface area contributed by atoms with Gasteiger partial charge in [0.1, 0.15) is 11.9 Å². The number of likely N-dealkylation sites (tertiary alicyclic amines) is 1. The first-order chi connectivity index (χ1) is 17.4. The normalized spacial score (nSPS) is 19.4. The number of thiophene rings is 1. The summed E-state index contributed by atoms with van der Waals surface area (Å²) in [6.45, 7) is 2.65. The van der Waals surface area contributed by atoms with Gasteiger partial charge in [0.2, 0.25) is 0 Å². The molecule has 36 heavy (non-hydrogen) atoms. The van der Waals surface area contributed by atoms with Crippen molar-refractivity contribution in [1.29, 1.82) is 0 Å². The number of aromatic nitrogens is 1. The fraction of sp³-hybridized carbons (Fsp3) is 0.481. The maximum atomic E-state index is 15.5. The number of fused-ring (bicyclic) bond motifs is 1. The third-order valence-electron chi connectivity index (χ3n) is 6.93. The number of carbonyl (C=O) groups is 1. The molecule has 1 N–H and O–H groups in total. The van der Waals surface area contributed by atoms with Crippen molar-refractivity contribution in [2.75, 3.05) is 32.5 Å². The van der Waals surface area contributed by atoms with Crippen LogP contribution in [0.1, 0.15) is 43.8 Å². The number of hydrogen-bond acceptors (Lipinski definition) is 6. The van der Waals surface area contributed by atoms with Crippen molar-refractivity contribution >= 4 is 51.6 Å². The number of thioether (sulfide) groups is 1. The van der Waals surface area contributed by atoms with Crippen LogP contribution in [0.3, 0.4) is 0 Å². The largest absolute Gasteiger partial charge is 0.497 e. The van der Waals surface area contributed by atoms with E-state index in [1.807, 2.05) is 36.0 Å². The molecule has 0 unspecified atom stereocenters. The molecule has 0 aliphatic carbocycles. The van der Waals surface area contributed by atoms with E-state index in [9.17, 15) is 9.90 Å². The van der Waals surface area contributed by atoms with Crippen molar-refractivity contribution in [3.8, 4) is 5.75 Å². The van der Waals surface area contributed by atoms with Crippen molar-refractivity contribution in [2.24, 2.45) is 11.8 Å². The summed E-state index contributed by atoms with van der Waals surface area (Å²) in [5.41, 5.74) is 1.36. The number of hydrogen-bond donors (Lipinski definition) is 1. The van der Waals surface area contributed by atoms with E-state index < -0.39 is 12.1 Å². The third-order valence-corrected chi connectivity index (χ3v) is 9.48. The van der Waals surface area contributed by atoms with E-state index in [1.54, 1.807) is 30.7 Å². The number of ether oxygens (including phenoxy) is 1. The smallest absolute Gasteiger partial charge is 0.303 e. The van der Waals surface area contributed by atoms with E-state index in [2.05, 4.69) is 16.0 Å². The summed E-state index contributed by atoms with van der Waals surface area (Å²) in [5.74, 6) is 1.16. The van der Waals surface area contributed by atoms with E-state index in [0.717, 1.165) is 53.5 Å². The second-order valence-corrected chi connectivity index (χ2v) is 12.4. The third kappa shape index (κ3) is 7.34. The molecule has 4 rings (SSSR count). The highest BCUT2D eigenvalue weighted by molar-refractivity contribution is 8.01. The van der Waals surface area contributed by atoms with Gasteiger partial charge in [-0.2, -0.15) is 0 Å². The number of benzene rings is 1. The molecule has 1 aliphatic heterocycles. The van der Waals surface area contributed by atoms with Crippen LogP contribution in [0.15, 0.2) is 46.8 Å². The van der Waals surface area contributed by atoms with E-state index in [0.29, 0.717) is 24.2 Å². The Kier molecular flexibility index (Phi) is 9.87. The van der Waals surface area contributed by atoms with Crippen LogP contribution in [0, 0.1) is 11.8 Å². The van der Waals surface area contributed by atoms with Gasteiger partial charge in [-0.25, -0.2) is 4.39 Å². The molecule has 5 nitrogen and oxygen atoms in total. The van der Waals surface area contributed by atoms with Gasteiger partial charge in [-0.05, 0) is 92.6 Å². The van der Waals surface area contributed by atoms with E-state index >= 15 is 4.39 Å². The molecule has 0 bridgehead atoms. The van der Waals surface area contributed by atoms with Crippen LogP contribution in [0.25, 0.3) is 10.9 Å². The van der Waals surface area contributed by atoms with Crippen LogP contribution in [0.2, 0.25) is 4.34 Å². The first kappa shape index (κ1) is 27.2. The summed E-state index contributed by atoms with van der Waals surface area (Å²) in [6, 6.07) is 11.2. The molecule has 3 atom stereocenters. The lowest BCUT2D eigenvalue weighted by atomic mass is 9.79. The van der Waals surface area contributed by atoms with Crippen molar-refractivity contribution in [2.45, 2.75) is 42.5 Å². The fourth-order valence-electron chi connectivity index (χ4n) is 5.09. The molecule has 0 radical (unpaired) electrons. The van der Waals surface area contributed by atoms with Crippen molar-refractivity contribution in [3.05, 3.63) is 52.5 Å². The molecule has 3 heterocycles. The highest BCUT2D eigenvalue weighted by Crippen LogP contribution is 2.36. The minimum Gasteiger partial charge on any atom is -0.497 e. The van der Waals surface area contributed by atoms with E-state index in [-0.39, 0.29) is 18.3 Å². The van der Waals surface area contributed by atoms with Gasteiger partial charge in [-0.3, -0.25) is 9.78 Å². The molecule has 1 saturated heterocycles. The zero-order valence-electron chi connectivity index (χ0n) is 20.4. The number of nitrogens with zero attached hydrogens (tertiary/aromatic N) is 2. The van der Waals surface area contributed by atoms with E-state index in [4.69, 9.17) is 16.3 Å². The Morgan fingerprint density at radius 1 is 1.33 bits per heavy atom. The van der Waals surface area contributed by atoms with Gasteiger partial charge >= 0.3 is 5.97 Å². The topological polar surface area (TPSA) is 62.7 Å². The predicted molar refractivity (Wildman–Crippen MR) is 146 cm³/mol. The Hall–Kier alpha value is -1.87. The van der Waals surface area contributed by atoms with Crippen molar-refractivity contribution in [3.63, 3.8) is 0 Å². The predicted octanol–water partition coefficient (Wildman–Crippen LogP) is 7.34. The van der Waals surface area contributed by atoms with Gasteiger partial charge < -0.3 is 14.7 Å². The highest BCUT2D eigenvalue weighted by Gasteiger charge is 2.31. The molecule has 2 aromatic heterocycles. The number of rotatable bonds is 12. The summed E-state index contributed by atoms with van der Waals surface area (Å²) < 4.78 is 22.8. The maximum Gasteiger partial charge on any atom is 0.303 e. The Labute approximate surface area is 225 Å². The van der Waals surface area contributed by atoms with Crippen LogP contribution >= 0.6 is 34.7 Å². The number of alkyl halides is 1. The second kappa shape index (κ2) is 13.1. The Morgan fingerprint density at radius 2 is 2.19 bits per heavy atom. The number of methoxy groups -OCH3 is 1. The van der Waals surface area contributed by atoms with Crippen molar-refractivity contribution in [1.82, 2.24) is 9.88 Å². The van der Waals surface area contributed by atoms with E-state index in [1.165, 1.54) is 4.21 Å². The summed E-state index contributed by atoms with van der Waals surface area (Å²) in [6.07, 6.45) is 3.64. The average molecular weight is 551 g/mol. The van der Waals surface area contributed by atoms with Gasteiger partial charge in [-0.1, -0.05) is 11.6 Å². The monoisotopic (exact) mass is 550 g/mol. The van der Waals surface area contributed by atoms with Crippen molar-refractivity contribution < 1.29 is 19.0 Å². The maximum absolute atomic E-state index is 15.5. The molecule has 3 aromatic rings. The Balaban J connectivity index is 1.31. The Morgan fingerprint density at radius 3 is 2.94 bits per heavy atom. The molecule has 1 aliphatic rings. The number of piperidine rings is 1. The van der Waals surface area contributed by atoms with Gasteiger partial charge in [0.15, 0.2) is 0 Å². The minimum atomic E-state index is -1.13. The zero-order valence-corrected chi connectivity index (χ0v) is 22.8. The number of carboxylic acids is 1. The van der Waals surface area contributed by atoms with Crippen LogP contribution in [-0.2, 0) is 4.79 Å². The van der Waals surface area contributed by atoms with Gasteiger partial charge in [-0.15, -0.1) is 23.1 Å². The number of pyridine rings is 1. The summed E-state index contributed by atoms with van der Waals surface area (Å²) >= 11 is 9.41. The lowest BCUT2D eigenvalue weighted by molar-refractivity contribution is -0.139. The molecular weight excluding hydrogens is 519 g/mol. The Bertz CT molecular complexity index is 1160. The standard InChI is InChI=1S/C27H32ClFN2O3S2/c1-34-20-4-6-24-22(16-20)21(9-11-30-24)23(29)5-3-18-10-13-31(17-19(18)15-26(32)33)12-2-14-35-27-8-7-25(28)36-27/h4,6-9,11,16,18-19,23H,2-3,5,10,12-15,17H2,1H3,(H,32,33)/t18-,19+,23-/m1/s1. The first-order valence-electron chi connectivity index (χ1n) is 12.3. The quantitative estimate of drug-likeness (QED) is 0.188. The lowest BCUT2D eigenvalue weighted by Crippen LogP contribution is -2.42. The second-order valence-electron chi connectivity index (χ2n) is 9.30. The minimum absolute atomic E-state index is 0.0430. The molecule has 194 valence electrons. The zero-order chi connectivity index (χ0) is 25.5. The molecule has 9 heteroatoms. The number of aliphatic carboxylic acids is 1. The SMILES string of the molecule is COc1ccc2nccc([C@H](F)CC[C@@H]3CCN(CCCSc4ccc(Cl)s4)C[C@@H]3CC(=O)O)c2c1. The summed E-state index contributed by atoms with van der Waals surface area (Å²) in [5, 5.41) is 10.3. The fourth-order valence-corrected chi connectivity index (χ4v) is 7.40. The molecular formula is C27H32ClFN2O3S2. The highest BCUT2D eigenvalue weighted by atomic mass is 35.5. The first-order valence-corrected chi connectivity index (χ1v) is 14.5. The number of carboxylic acid groups (broad SMARTS) is 1. The summed E-state index contributed by atoms with van der Waals surface area (Å²) in [4.78, 5) is 18.3. The molecule has 0 amide bonds. The van der Waals surface area contributed by atoms with Crippen LogP contribution < -0.4 is 4.74 Å². The van der Waals surface area contributed by atoms with Crippen LogP contribution in [0.5, 0.6) is 5.75 Å². The summed E-state index contributed by atoms with van der Waals surface area (Å²) in [7, 11) is 1.59. The van der Waals surface area contributed by atoms with Crippen LogP contribution in [-0.4, -0.2) is 53.5 Å². The molecule has 0 saturated carbocycles. The lowest BCUT2D eigenvalue weighted by Gasteiger charge is -2.38. The molecule has 1 fully saturated rings. The van der Waals surface area contributed by atoms with Gasteiger partial charge in [0.25, 0.3) is 0 Å². The molecule has 0 spiro atoms. The average Bonchev–Trinajstić information content (AvgIpc) is 3.29. The van der Waals surface area contributed by atoms with Crippen LogP contribution in [0.4, 0.5) is 4.39 Å². The van der Waals surface area contributed by atoms with Gasteiger partial charge in [0.05, 0.1) is 21.2 Å². The number of halogens is 2.